The minimum Gasteiger partial charge on any atom is -0.481 e. The van der Waals surface area contributed by atoms with Gasteiger partial charge in [-0.1, -0.05) is 55.5 Å². The number of hydrogen-bond donors (Lipinski definition) is 2. The van der Waals surface area contributed by atoms with Gasteiger partial charge in [0.15, 0.2) is 0 Å². The lowest BCUT2D eigenvalue weighted by molar-refractivity contribution is -0.137. The maximum Gasteiger partial charge on any atom is 0.303 e. The van der Waals surface area contributed by atoms with Crippen LogP contribution in [0, 0.1) is 0 Å². The van der Waals surface area contributed by atoms with E-state index in [0.717, 1.165) is 12.2 Å². The number of benzene rings is 2. The van der Waals surface area contributed by atoms with Crippen molar-refractivity contribution in [2.75, 3.05) is 5.75 Å². The lowest BCUT2D eigenvalue weighted by Crippen LogP contribution is -2.48. The van der Waals surface area contributed by atoms with Crippen LogP contribution in [0.4, 0.5) is 0 Å². The van der Waals surface area contributed by atoms with E-state index in [4.69, 9.17) is 5.11 Å². The predicted molar refractivity (Wildman–Crippen MR) is 98.5 cm³/mol. The van der Waals surface area contributed by atoms with Crippen LogP contribution in [0.1, 0.15) is 43.4 Å². The maximum absolute atomic E-state index is 11.1. The lowest BCUT2D eigenvalue weighted by atomic mass is 9.88. The third-order valence-corrected chi connectivity index (χ3v) is 6.19. The summed E-state index contributed by atoms with van der Waals surface area (Å²) in [6.45, 7) is 2.15. The van der Waals surface area contributed by atoms with E-state index in [2.05, 4.69) is 60.8 Å². The molecule has 0 bridgehead atoms. The minimum absolute atomic E-state index is 0.0890. The second-order valence-electron chi connectivity index (χ2n) is 6.34. The van der Waals surface area contributed by atoms with E-state index < -0.39 is 5.97 Å². The minimum atomic E-state index is -0.729. The van der Waals surface area contributed by atoms with Crippen molar-refractivity contribution in [3.8, 4) is 0 Å². The van der Waals surface area contributed by atoms with Gasteiger partial charge in [0.25, 0.3) is 0 Å². The first-order valence-corrected chi connectivity index (χ1v) is 9.38. The maximum atomic E-state index is 11.1. The van der Waals surface area contributed by atoms with Crippen LogP contribution in [-0.4, -0.2) is 22.4 Å². The molecule has 0 radical (unpaired) electrons. The summed E-state index contributed by atoms with van der Waals surface area (Å²) < 4.78 is 0. The van der Waals surface area contributed by atoms with Crippen molar-refractivity contribution in [1.29, 1.82) is 0 Å². The summed E-state index contributed by atoms with van der Waals surface area (Å²) in [5.74, 6) is 0.157. The molecule has 0 aromatic heterocycles. The van der Waals surface area contributed by atoms with Crippen molar-refractivity contribution in [2.24, 2.45) is 0 Å². The molecule has 0 spiro atoms. The monoisotopic (exact) mass is 341 g/mol. The molecule has 1 aliphatic rings. The Morgan fingerprint density at radius 1 is 1.21 bits per heavy atom. The Bertz CT molecular complexity index is 704. The summed E-state index contributed by atoms with van der Waals surface area (Å²) in [6, 6.07) is 19.0. The second kappa shape index (κ2) is 7.41. The number of thioether (sulfide) groups is 1. The first kappa shape index (κ1) is 17.1. The highest BCUT2D eigenvalue weighted by Gasteiger charge is 2.35. The average molecular weight is 341 g/mol. The summed E-state index contributed by atoms with van der Waals surface area (Å²) in [4.78, 5) is 12.4. The molecule has 0 aliphatic carbocycles. The van der Waals surface area contributed by atoms with Crippen molar-refractivity contribution in [3.05, 3.63) is 65.7 Å². The van der Waals surface area contributed by atoms with E-state index in [1.807, 2.05) is 17.8 Å². The molecule has 0 saturated heterocycles. The van der Waals surface area contributed by atoms with Crippen molar-refractivity contribution in [3.63, 3.8) is 0 Å². The van der Waals surface area contributed by atoms with E-state index in [9.17, 15) is 4.79 Å². The number of aliphatic carboxylic acids is 1. The molecule has 2 aromatic rings. The Morgan fingerprint density at radius 3 is 2.62 bits per heavy atom. The fraction of sp³-hybridized carbons (Fsp3) is 0.350. The van der Waals surface area contributed by atoms with Gasteiger partial charge in [-0.25, -0.2) is 0 Å². The first-order valence-electron chi connectivity index (χ1n) is 8.40. The van der Waals surface area contributed by atoms with E-state index >= 15 is 0 Å². The average Bonchev–Trinajstić information content (AvgIpc) is 2.79. The molecular weight excluding hydrogens is 318 g/mol. The molecule has 1 heterocycles. The quantitative estimate of drug-likeness (QED) is 0.841. The number of carboxylic acid groups (broad SMARTS) is 1. The fourth-order valence-corrected chi connectivity index (χ4v) is 4.66. The van der Waals surface area contributed by atoms with Crippen LogP contribution in [0.3, 0.4) is 0 Å². The van der Waals surface area contributed by atoms with Crippen LogP contribution in [0.25, 0.3) is 0 Å². The number of carbonyl (C=O) groups is 1. The fourth-order valence-electron chi connectivity index (χ4n) is 3.27. The van der Waals surface area contributed by atoms with Crippen LogP contribution in [-0.2, 0) is 4.79 Å². The smallest absolute Gasteiger partial charge is 0.303 e. The Kier molecular flexibility index (Phi) is 5.27. The molecule has 2 aromatic carbocycles. The Morgan fingerprint density at radius 2 is 1.92 bits per heavy atom. The van der Waals surface area contributed by atoms with Gasteiger partial charge >= 0.3 is 5.97 Å². The molecule has 3 nitrogen and oxygen atoms in total. The number of nitrogens with one attached hydrogen (secondary N) is 1. The molecule has 2 atom stereocenters. The van der Waals surface area contributed by atoms with Gasteiger partial charge in [0.05, 0.1) is 6.04 Å². The molecule has 24 heavy (non-hydrogen) atoms. The third kappa shape index (κ3) is 3.65. The van der Waals surface area contributed by atoms with Crippen LogP contribution >= 0.6 is 11.8 Å². The predicted octanol–water partition coefficient (Wildman–Crippen LogP) is 4.48. The van der Waals surface area contributed by atoms with Gasteiger partial charge in [0, 0.05) is 22.6 Å². The molecular formula is C20H23NO2S. The molecule has 2 unspecified atom stereocenters. The molecule has 0 saturated carbocycles. The highest BCUT2D eigenvalue weighted by molar-refractivity contribution is 7.99. The number of hydrogen-bond acceptors (Lipinski definition) is 3. The van der Waals surface area contributed by atoms with E-state index in [1.165, 1.54) is 16.0 Å². The van der Waals surface area contributed by atoms with Gasteiger partial charge < -0.3 is 5.11 Å². The SMILES string of the molecule is CCC1(CCC(=O)O)CSc2ccccc2C(c2ccccc2)N1. The number of carboxylic acids is 1. The zero-order valence-corrected chi connectivity index (χ0v) is 14.7. The van der Waals surface area contributed by atoms with Gasteiger partial charge in [-0.05, 0) is 30.0 Å². The van der Waals surface area contributed by atoms with Crippen molar-refractivity contribution < 1.29 is 9.90 Å². The van der Waals surface area contributed by atoms with Crippen molar-refractivity contribution in [1.82, 2.24) is 5.32 Å². The molecule has 2 N–H and O–H groups in total. The topological polar surface area (TPSA) is 49.3 Å². The van der Waals surface area contributed by atoms with Crippen LogP contribution < -0.4 is 5.32 Å². The highest BCUT2D eigenvalue weighted by atomic mass is 32.2. The normalized spacial score (nSPS) is 23.3. The Hall–Kier alpha value is -1.78. The van der Waals surface area contributed by atoms with Crippen LogP contribution in [0.15, 0.2) is 59.5 Å². The van der Waals surface area contributed by atoms with E-state index in [-0.39, 0.29) is 18.0 Å². The summed E-state index contributed by atoms with van der Waals surface area (Å²) in [7, 11) is 0. The van der Waals surface area contributed by atoms with Crippen molar-refractivity contribution >= 4 is 17.7 Å². The number of rotatable bonds is 5. The molecule has 4 heteroatoms. The third-order valence-electron chi connectivity index (χ3n) is 4.81. The summed E-state index contributed by atoms with van der Waals surface area (Å²) >= 11 is 1.84. The second-order valence-corrected chi connectivity index (χ2v) is 7.36. The largest absolute Gasteiger partial charge is 0.481 e. The molecule has 1 aliphatic heterocycles. The summed E-state index contributed by atoms with van der Waals surface area (Å²) in [5.41, 5.74) is 2.32. The Balaban J connectivity index is 2.00. The molecule has 126 valence electrons. The Labute approximate surface area is 147 Å². The van der Waals surface area contributed by atoms with E-state index in [0.29, 0.717) is 6.42 Å². The molecule has 0 fully saturated rings. The first-order chi connectivity index (χ1) is 11.6. The van der Waals surface area contributed by atoms with Gasteiger partial charge in [0.2, 0.25) is 0 Å². The lowest BCUT2D eigenvalue weighted by Gasteiger charge is -2.35. The summed E-state index contributed by atoms with van der Waals surface area (Å²) in [5, 5.41) is 13.0. The van der Waals surface area contributed by atoms with Gasteiger partial charge in [-0.3, -0.25) is 10.1 Å². The highest BCUT2D eigenvalue weighted by Crippen LogP contribution is 2.40. The van der Waals surface area contributed by atoms with E-state index in [1.54, 1.807) is 0 Å². The van der Waals surface area contributed by atoms with Crippen molar-refractivity contribution in [2.45, 2.75) is 42.7 Å². The summed E-state index contributed by atoms with van der Waals surface area (Å²) in [6.07, 6.45) is 1.74. The van der Waals surface area contributed by atoms with Gasteiger partial charge in [-0.2, -0.15) is 0 Å². The van der Waals surface area contributed by atoms with Crippen LogP contribution in [0.2, 0.25) is 0 Å². The molecule has 0 amide bonds. The zero-order chi connectivity index (χ0) is 17.0. The zero-order valence-electron chi connectivity index (χ0n) is 13.9. The van der Waals surface area contributed by atoms with Gasteiger partial charge in [0.1, 0.15) is 0 Å². The van der Waals surface area contributed by atoms with Crippen LogP contribution in [0.5, 0.6) is 0 Å². The van der Waals surface area contributed by atoms with Gasteiger partial charge in [-0.15, -0.1) is 11.8 Å². The number of fused-ring (bicyclic) bond motifs is 1. The standard InChI is InChI=1S/C20H23NO2S/c1-2-20(13-12-18(22)23)14-24-17-11-7-6-10-16(17)19(21-20)15-8-4-3-5-9-15/h3-11,19,21H,2,12-14H2,1H3,(H,22,23). The molecule has 3 rings (SSSR count).